The number of hydrogen-bond donors (Lipinski definition) is 1. The van der Waals surface area contributed by atoms with Gasteiger partial charge in [-0.3, -0.25) is 14.3 Å². The van der Waals surface area contributed by atoms with Gasteiger partial charge in [-0.2, -0.15) is 0 Å². The minimum Gasteiger partial charge on any atom is -0.381 e. The van der Waals surface area contributed by atoms with Crippen LogP contribution >= 0.6 is 11.6 Å². The molecule has 1 aliphatic heterocycles. The highest BCUT2D eigenvalue weighted by atomic mass is 35.5. The van der Waals surface area contributed by atoms with Crippen LogP contribution < -0.4 is 11.2 Å². The molecular formula is C14H21ClN2O3. The van der Waals surface area contributed by atoms with Crippen LogP contribution in [0.1, 0.15) is 51.1 Å². The van der Waals surface area contributed by atoms with Gasteiger partial charge < -0.3 is 4.74 Å². The van der Waals surface area contributed by atoms with Gasteiger partial charge in [0.25, 0.3) is 5.56 Å². The zero-order valence-electron chi connectivity index (χ0n) is 12.1. The number of aromatic amines is 1. The molecule has 0 aliphatic carbocycles. The van der Waals surface area contributed by atoms with Crippen LogP contribution in [0.4, 0.5) is 0 Å². The van der Waals surface area contributed by atoms with E-state index >= 15 is 0 Å². The van der Waals surface area contributed by atoms with E-state index in [1.54, 1.807) is 0 Å². The molecule has 0 spiro atoms. The van der Waals surface area contributed by atoms with E-state index in [1.165, 1.54) is 4.57 Å². The topological polar surface area (TPSA) is 64.1 Å². The molecule has 0 amide bonds. The first-order chi connectivity index (χ1) is 9.43. The van der Waals surface area contributed by atoms with Crippen LogP contribution in [0, 0.1) is 5.92 Å². The third-order valence-corrected chi connectivity index (χ3v) is 4.35. The van der Waals surface area contributed by atoms with Crippen molar-refractivity contribution in [2.24, 2.45) is 5.92 Å². The van der Waals surface area contributed by atoms with Crippen molar-refractivity contribution in [1.29, 1.82) is 0 Å². The summed E-state index contributed by atoms with van der Waals surface area (Å²) in [6.45, 7) is 7.08. The predicted molar refractivity (Wildman–Crippen MR) is 78.7 cm³/mol. The van der Waals surface area contributed by atoms with Crippen molar-refractivity contribution in [2.75, 3.05) is 13.2 Å². The van der Waals surface area contributed by atoms with Crippen LogP contribution in [-0.4, -0.2) is 22.8 Å². The minimum atomic E-state index is -0.427. The zero-order valence-corrected chi connectivity index (χ0v) is 12.9. The number of halogens is 1. The van der Waals surface area contributed by atoms with E-state index in [-0.39, 0.29) is 28.6 Å². The van der Waals surface area contributed by atoms with Crippen LogP contribution in [0.3, 0.4) is 0 Å². The molecule has 0 bridgehead atoms. The fraction of sp³-hybridized carbons (Fsp3) is 0.714. The Labute approximate surface area is 122 Å². The second-order valence-electron chi connectivity index (χ2n) is 5.68. The molecule has 1 aliphatic rings. The van der Waals surface area contributed by atoms with E-state index in [1.807, 2.05) is 20.8 Å². The van der Waals surface area contributed by atoms with Crippen LogP contribution in [0.2, 0.25) is 5.15 Å². The number of ether oxygens (including phenoxy) is 1. The lowest BCUT2D eigenvalue weighted by atomic mass is 9.92. The Morgan fingerprint density at radius 1 is 1.25 bits per heavy atom. The van der Waals surface area contributed by atoms with Crippen molar-refractivity contribution in [3.63, 3.8) is 0 Å². The van der Waals surface area contributed by atoms with Gasteiger partial charge in [0.2, 0.25) is 0 Å². The number of aromatic nitrogens is 2. The summed E-state index contributed by atoms with van der Waals surface area (Å²) in [6.07, 6.45) is 1.74. The SMILES string of the molecule is CC(C)c1c(Cl)[nH]c(=O)n(C(C)C2CCOCC2)c1=O. The molecule has 1 saturated heterocycles. The van der Waals surface area contributed by atoms with Gasteiger partial charge >= 0.3 is 5.69 Å². The van der Waals surface area contributed by atoms with Crippen molar-refractivity contribution < 1.29 is 4.74 Å². The van der Waals surface area contributed by atoms with E-state index < -0.39 is 5.69 Å². The third kappa shape index (κ3) is 2.83. The number of nitrogens with one attached hydrogen (secondary N) is 1. The Hall–Kier alpha value is -1.07. The molecule has 0 aromatic carbocycles. The fourth-order valence-corrected chi connectivity index (χ4v) is 3.20. The van der Waals surface area contributed by atoms with Crippen LogP contribution in [-0.2, 0) is 4.74 Å². The molecule has 2 rings (SSSR count). The van der Waals surface area contributed by atoms with E-state index in [4.69, 9.17) is 16.3 Å². The Bertz CT molecular complexity index is 585. The molecule has 6 heteroatoms. The molecule has 20 heavy (non-hydrogen) atoms. The molecule has 1 aromatic rings. The van der Waals surface area contributed by atoms with Crippen molar-refractivity contribution in [2.45, 2.75) is 45.6 Å². The first-order valence-corrected chi connectivity index (χ1v) is 7.43. The van der Waals surface area contributed by atoms with Crippen molar-refractivity contribution in [3.8, 4) is 0 Å². The number of nitrogens with zero attached hydrogens (tertiary/aromatic N) is 1. The highest BCUT2D eigenvalue weighted by Gasteiger charge is 2.26. The van der Waals surface area contributed by atoms with Crippen molar-refractivity contribution in [1.82, 2.24) is 9.55 Å². The number of hydrogen-bond acceptors (Lipinski definition) is 3. The maximum Gasteiger partial charge on any atom is 0.329 e. The average Bonchev–Trinajstić information content (AvgIpc) is 2.38. The molecule has 1 aromatic heterocycles. The summed E-state index contributed by atoms with van der Waals surface area (Å²) >= 11 is 6.00. The summed E-state index contributed by atoms with van der Waals surface area (Å²) in [5.41, 5.74) is -0.221. The maximum absolute atomic E-state index is 12.6. The quantitative estimate of drug-likeness (QED) is 0.871. The molecular weight excluding hydrogens is 280 g/mol. The van der Waals surface area contributed by atoms with Gasteiger partial charge in [-0.25, -0.2) is 4.79 Å². The van der Waals surface area contributed by atoms with E-state index in [0.29, 0.717) is 18.8 Å². The summed E-state index contributed by atoms with van der Waals surface area (Å²) < 4.78 is 6.65. The number of H-pyrrole nitrogens is 1. The Morgan fingerprint density at radius 2 is 1.85 bits per heavy atom. The fourth-order valence-electron chi connectivity index (χ4n) is 2.82. The molecule has 0 radical (unpaired) electrons. The maximum atomic E-state index is 12.6. The van der Waals surface area contributed by atoms with Crippen molar-refractivity contribution >= 4 is 11.6 Å². The lowest BCUT2D eigenvalue weighted by Crippen LogP contribution is -2.42. The second kappa shape index (κ2) is 6.14. The van der Waals surface area contributed by atoms with Crippen molar-refractivity contribution in [3.05, 3.63) is 31.6 Å². The highest BCUT2D eigenvalue weighted by molar-refractivity contribution is 6.30. The zero-order chi connectivity index (χ0) is 14.9. The van der Waals surface area contributed by atoms with Gasteiger partial charge in [0.1, 0.15) is 5.15 Å². The van der Waals surface area contributed by atoms with E-state index in [0.717, 1.165) is 12.8 Å². The smallest absolute Gasteiger partial charge is 0.329 e. The highest BCUT2D eigenvalue weighted by Crippen LogP contribution is 2.26. The summed E-state index contributed by atoms with van der Waals surface area (Å²) in [7, 11) is 0. The lowest BCUT2D eigenvalue weighted by molar-refractivity contribution is 0.0501. The average molecular weight is 301 g/mol. The van der Waals surface area contributed by atoms with Gasteiger partial charge in [0.05, 0.1) is 5.56 Å². The molecule has 1 unspecified atom stereocenters. The Morgan fingerprint density at radius 3 is 2.40 bits per heavy atom. The van der Waals surface area contributed by atoms with Gasteiger partial charge in [0.15, 0.2) is 0 Å². The van der Waals surface area contributed by atoms with Crippen LogP contribution in [0.25, 0.3) is 0 Å². The lowest BCUT2D eigenvalue weighted by Gasteiger charge is -2.28. The molecule has 5 nitrogen and oxygen atoms in total. The summed E-state index contributed by atoms with van der Waals surface area (Å²) in [4.78, 5) is 27.3. The summed E-state index contributed by atoms with van der Waals surface area (Å²) in [5, 5.41) is 0.158. The summed E-state index contributed by atoms with van der Waals surface area (Å²) in [5.74, 6) is 0.253. The largest absolute Gasteiger partial charge is 0.381 e. The van der Waals surface area contributed by atoms with Gasteiger partial charge in [-0.05, 0) is 31.6 Å². The molecule has 1 atom stereocenters. The van der Waals surface area contributed by atoms with Gasteiger partial charge in [0, 0.05) is 19.3 Å². The molecule has 2 heterocycles. The first kappa shape index (κ1) is 15.3. The Balaban J connectivity index is 2.48. The molecule has 1 fully saturated rings. The van der Waals surface area contributed by atoms with Crippen LogP contribution in [0.15, 0.2) is 9.59 Å². The number of rotatable bonds is 3. The molecule has 1 N–H and O–H groups in total. The van der Waals surface area contributed by atoms with Gasteiger partial charge in [-0.1, -0.05) is 25.4 Å². The molecule has 112 valence electrons. The minimum absolute atomic E-state index is 0.0278. The third-order valence-electron chi connectivity index (χ3n) is 4.05. The van der Waals surface area contributed by atoms with Crippen LogP contribution in [0.5, 0.6) is 0 Å². The Kier molecular flexibility index (Phi) is 4.70. The first-order valence-electron chi connectivity index (χ1n) is 7.05. The predicted octanol–water partition coefficient (Wildman–Crippen LogP) is 2.30. The van der Waals surface area contributed by atoms with E-state index in [2.05, 4.69) is 4.98 Å². The monoisotopic (exact) mass is 300 g/mol. The normalized spacial score (nSPS) is 18.4. The molecule has 0 saturated carbocycles. The van der Waals surface area contributed by atoms with Gasteiger partial charge in [-0.15, -0.1) is 0 Å². The second-order valence-corrected chi connectivity index (χ2v) is 6.06. The van der Waals surface area contributed by atoms with E-state index in [9.17, 15) is 9.59 Å². The standard InChI is InChI=1S/C14H21ClN2O3/c1-8(2)11-12(15)16-14(19)17(13(11)18)9(3)10-4-6-20-7-5-10/h8-10H,4-7H2,1-3H3,(H,16,19). The summed E-state index contributed by atoms with van der Waals surface area (Å²) in [6, 6.07) is -0.148.